The standard InChI is InChI=1S/C13H13/c1-9-7-8-12-6-4-5-10(2)13(12)11(9)3/h4-5,7-8H,1-3H3. The molecule has 0 fully saturated rings. The van der Waals surface area contributed by atoms with Crippen molar-refractivity contribution in [2.45, 2.75) is 20.8 Å². The van der Waals surface area contributed by atoms with Crippen molar-refractivity contribution in [3.63, 3.8) is 0 Å². The Bertz CT molecular complexity index is 453. The molecule has 13 heavy (non-hydrogen) atoms. The van der Waals surface area contributed by atoms with Crippen LogP contribution < -0.4 is 0 Å². The Morgan fingerprint density at radius 1 is 0.923 bits per heavy atom. The maximum absolute atomic E-state index is 3.26. The monoisotopic (exact) mass is 169 g/mol. The lowest BCUT2D eigenvalue weighted by atomic mass is 9.97. The van der Waals surface area contributed by atoms with Crippen molar-refractivity contribution in [2.75, 3.05) is 0 Å². The topological polar surface area (TPSA) is 0 Å². The molecule has 0 aromatic heterocycles. The van der Waals surface area contributed by atoms with Gasteiger partial charge in [0.15, 0.2) is 0 Å². The lowest BCUT2D eigenvalue weighted by Crippen LogP contribution is -1.86. The van der Waals surface area contributed by atoms with E-state index in [1.54, 1.807) is 0 Å². The van der Waals surface area contributed by atoms with Gasteiger partial charge in [-0.2, -0.15) is 0 Å². The molecule has 1 radical (unpaired) electrons. The van der Waals surface area contributed by atoms with E-state index in [2.05, 4.69) is 45.0 Å². The summed E-state index contributed by atoms with van der Waals surface area (Å²) in [6.07, 6.45) is 0. The summed E-state index contributed by atoms with van der Waals surface area (Å²) in [7, 11) is 0. The second kappa shape index (κ2) is 2.88. The molecular formula is C13H13. The van der Waals surface area contributed by atoms with Gasteiger partial charge in [0, 0.05) is 0 Å². The van der Waals surface area contributed by atoms with Crippen LogP contribution >= 0.6 is 0 Å². The first-order chi connectivity index (χ1) is 6.20. The van der Waals surface area contributed by atoms with E-state index in [4.69, 9.17) is 0 Å². The molecule has 2 aromatic carbocycles. The molecule has 0 aliphatic heterocycles. The third-order valence-electron chi connectivity index (χ3n) is 2.70. The number of benzene rings is 2. The molecule has 0 atom stereocenters. The van der Waals surface area contributed by atoms with Gasteiger partial charge in [0.1, 0.15) is 0 Å². The molecule has 0 spiro atoms. The fraction of sp³-hybridized carbons (Fsp3) is 0.231. The summed E-state index contributed by atoms with van der Waals surface area (Å²) in [5.74, 6) is 0. The number of aryl methyl sites for hydroxylation is 3. The third kappa shape index (κ3) is 1.23. The molecule has 0 heterocycles. The van der Waals surface area contributed by atoms with Crippen molar-refractivity contribution in [3.8, 4) is 0 Å². The van der Waals surface area contributed by atoms with Gasteiger partial charge in [-0.1, -0.05) is 24.3 Å². The Hall–Kier alpha value is -1.30. The van der Waals surface area contributed by atoms with E-state index in [0.29, 0.717) is 0 Å². The van der Waals surface area contributed by atoms with Gasteiger partial charge in [-0.15, -0.1) is 0 Å². The smallest absolute Gasteiger partial charge is 0.00989 e. The predicted octanol–water partition coefficient (Wildman–Crippen LogP) is 3.57. The van der Waals surface area contributed by atoms with E-state index in [0.717, 1.165) is 0 Å². The lowest BCUT2D eigenvalue weighted by molar-refractivity contribution is 1.36. The Balaban J connectivity index is 2.97. The fourth-order valence-electron chi connectivity index (χ4n) is 1.78. The molecular weight excluding hydrogens is 156 g/mol. The summed E-state index contributed by atoms with van der Waals surface area (Å²) in [5.41, 5.74) is 4.08. The fourth-order valence-corrected chi connectivity index (χ4v) is 1.78. The molecule has 0 nitrogen and oxygen atoms in total. The van der Waals surface area contributed by atoms with Gasteiger partial charge in [0.2, 0.25) is 0 Å². The van der Waals surface area contributed by atoms with Gasteiger partial charge in [-0.25, -0.2) is 0 Å². The van der Waals surface area contributed by atoms with Crippen molar-refractivity contribution >= 4 is 10.8 Å². The molecule has 65 valence electrons. The summed E-state index contributed by atoms with van der Waals surface area (Å²) >= 11 is 0. The minimum atomic E-state index is 1.23. The average Bonchev–Trinajstić information content (AvgIpc) is 2.12. The highest BCUT2D eigenvalue weighted by Gasteiger charge is 2.01. The molecule has 0 amide bonds. The SMILES string of the molecule is Cc1ccc2[c]ccc(C)c2c1C. The van der Waals surface area contributed by atoms with Gasteiger partial charge in [0.05, 0.1) is 0 Å². The largest absolute Gasteiger partial charge is 0.0584 e. The zero-order valence-electron chi connectivity index (χ0n) is 8.31. The van der Waals surface area contributed by atoms with Gasteiger partial charge < -0.3 is 0 Å². The van der Waals surface area contributed by atoms with Crippen molar-refractivity contribution in [1.29, 1.82) is 0 Å². The van der Waals surface area contributed by atoms with Crippen LogP contribution in [0.1, 0.15) is 16.7 Å². The van der Waals surface area contributed by atoms with Crippen molar-refractivity contribution in [3.05, 3.63) is 47.0 Å². The highest BCUT2D eigenvalue weighted by molar-refractivity contribution is 5.88. The quantitative estimate of drug-likeness (QED) is 0.565. The normalized spacial score (nSPS) is 10.7. The summed E-state index contributed by atoms with van der Waals surface area (Å²) in [4.78, 5) is 0. The van der Waals surface area contributed by atoms with Crippen LogP contribution in [0.15, 0.2) is 24.3 Å². The van der Waals surface area contributed by atoms with Crippen LogP contribution in [0.2, 0.25) is 0 Å². The van der Waals surface area contributed by atoms with Crippen LogP contribution in [0.4, 0.5) is 0 Å². The van der Waals surface area contributed by atoms with Crippen molar-refractivity contribution in [1.82, 2.24) is 0 Å². The summed E-state index contributed by atoms with van der Waals surface area (Å²) < 4.78 is 0. The zero-order chi connectivity index (χ0) is 9.42. The minimum absolute atomic E-state index is 1.23. The van der Waals surface area contributed by atoms with Crippen LogP contribution in [-0.4, -0.2) is 0 Å². The highest BCUT2D eigenvalue weighted by Crippen LogP contribution is 2.23. The first-order valence-corrected chi connectivity index (χ1v) is 4.57. The number of hydrogen-bond donors (Lipinski definition) is 0. The van der Waals surface area contributed by atoms with Crippen LogP contribution in [0.5, 0.6) is 0 Å². The van der Waals surface area contributed by atoms with Crippen LogP contribution in [-0.2, 0) is 0 Å². The van der Waals surface area contributed by atoms with Crippen LogP contribution in [0, 0.1) is 26.8 Å². The summed E-state index contributed by atoms with van der Waals surface area (Å²) in [6, 6.07) is 11.7. The Kier molecular flexibility index (Phi) is 1.84. The highest BCUT2D eigenvalue weighted by atomic mass is 14.1. The van der Waals surface area contributed by atoms with E-state index in [9.17, 15) is 0 Å². The molecule has 0 saturated heterocycles. The first kappa shape index (κ1) is 8.31. The van der Waals surface area contributed by atoms with Gasteiger partial charge in [0.25, 0.3) is 0 Å². The van der Waals surface area contributed by atoms with Gasteiger partial charge >= 0.3 is 0 Å². The molecule has 0 aliphatic rings. The molecule has 0 saturated carbocycles. The summed E-state index contributed by atoms with van der Waals surface area (Å²) in [5, 5.41) is 2.59. The average molecular weight is 169 g/mol. The number of hydrogen-bond acceptors (Lipinski definition) is 0. The van der Waals surface area contributed by atoms with Crippen molar-refractivity contribution in [2.24, 2.45) is 0 Å². The van der Waals surface area contributed by atoms with E-state index < -0.39 is 0 Å². The minimum Gasteiger partial charge on any atom is -0.0584 e. The van der Waals surface area contributed by atoms with E-state index in [1.807, 2.05) is 6.07 Å². The van der Waals surface area contributed by atoms with Gasteiger partial charge in [-0.3, -0.25) is 0 Å². The third-order valence-corrected chi connectivity index (χ3v) is 2.70. The van der Waals surface area contributed by atoms with Gasteiger partial charge in [-0.05, 0) is 54.3 Å². The number of fused-ring (bicyclic) bond motifs is 1. The molecule has 2 rings (SSSR count). The molecule has 2 aromatic rings. The zero-order valence-corrected chi connectivity index (χ0v) is 8.31. The molecule has 0 heteroatoms. The Morgan fingerprint density at radius 3 is 2.46 bits per heavy atom. The maximum atomic E-state index is 3.26. The van der Waals surface area contributed by atoms with Crippen LogP contribution in [0.25, 0.3) is 10.8 Å². The molecule has 0 bridgehead atoms. The first-order valence-electron chi connectivity index (χ1n) is 4.57. The summed E-state index contributed by atoms with van der Waals surface area (Å²) in [6.45, 7) is 6.49. The van der Waals surface area contributed by atoms with Crippen LogP contribution in [0.3, 0.4) is 0 Å². The van der Waals surface area contributed by atoms with E-state index in [1.165, 1.54) is 27.5 Å². The van der Waals surface area contributed by atoms with E-state index >= 15 is 0 Å². The Morgan fingerprint density at radius 2 is 1.69 bits per heavy atom. The second-order valence-electron chi connectivity index (χ2n) is 3.59. The maximum Gasteiger partial charge on any atom is -0.00989 e. The Labute approximate surface area is 79.2 Å². The van der Waals surface area contributed by atoms with E-state index in [-0.39, 0.29) is 0 Å². The number of rotatable bonds is 0. The lowest BCUT2D eigenvalue weighted by Gasteiger charge is -2.07. The van der Waals surface area contributed by atoms with Crippen molar-refractivity contribution < 1.29 is 0 Å². The molecule has 0 unspecified atom stereocenters. The molecule has 0 aliphatic carbocycles. The second-order valence-corrected chi connectivity index (χ2v) is 3.59. The molecule has 0 N–H and O–H groups in total. The predicted molar refractivity (Wildman–Crippen MR) is 57.0 cm³/mol.